The van der Waals surface area contributed by atoms with Crippen LogP contribution in [0.3, 0.4) is 0 Å². The molecule has 4 rings (SSSR count). The molecule has 212 valence electrons. The Kier molecular flexibility index (Phi) is 9.70. The average Bonchev–Trinajstić information content (AvgIpc) is 2.98. The molecule has 0 radical (unpaired) electrons. The molecule has 0 aliphatic carbocycles. The van der Waals surface area contributed by atoms with Crippen LogP contribution >= 0.6 is 15.9 Å². The summed E-state index contributed by atoms with van der Waals surface area (Å²) in [6, 6.07) is 19.2. The van der Waals surface area contributed by atoms with E-state index in [9.17, 15) is 18.0 Å². The van der Waals surface area contributed by atoms with Crippen LogP contribution in [0.5, 0.6) is 11.5 Å². The van der Waals surface area contributed by atoms with Crippen molar-refractivity contribution in [2.24, 2.45) is 0 Å². The smallest absolute Gasteiger partial charge is 0.264 e. The Balaban J connectivity index is 1.71. The third-order valence-corrected chi connectivity index (χ3v) is 8.72. The van der Waals surface area contributed by atoms with Gasteiger partial charge in [-0.15, -0.1) is 0 Å². The molecule has 3 aromatic carbocycles. The van der Waals surface area contributed by atoms with E-state index in [0.717, 1.165) is 20.8 Å². The van der Waals surface area contributed by atoms with Gasteiger partial charge < -0.3 is 19.7 Å². The number of carbonyl (C=O) groups is 2. The fourth-order valence-electron chi connectivity index (χ4n) is 4.20. The molecule has 0 spiro atoms. The quantitative estimate of drug-likeness (QED) is 0.338. The highest BCUT2D eigenvalue weighted by Crippen LogP contribution is 2.36. The minimum absolute atomic E-state index is 0.0332. The summed E-state index contributed by atoms with van der Waals surface area (Å²) in [6.07, 6.45) is 0.742. The molecule has 0 saturated carbocycles. The van der Waals surface area contributed by atoms with E-state index in [1.54, 1.807) is 43.3 Å². The van der Waals surface area contributed by atoms with Gasteiger partial charge in [-0.05, 0) is 55.3 Å². The van der Waals surface area contributed by atoms with Crippen molar-refractivity contribution in [3.05, 3.63) is 82.8 Å². The summed E-state index contributed by atoms with van der Waals surface area (Å²) in [5.74, 6) is 0.0422. The predicted octanol–water partition coefficient (Wildman–Crippen LogP) is 4.36. The van der Waals surface area contributed by atoms with Gasteiger partial charge in [0.15, 0.2) is 11.5 Å². The van der Waals surface area contributed by atoms with Crippen LogP contribution in [-0.2, 0) is 26.2 Å². The van der Waals surface area contributed by atoms with Crippen LogP contribution in [0.4, 0.5) is 5.69 Å². The molecule has 0 aromatic heterocycles. The van der Waals surface area contributed by atoms with Gasteiger partial charge in [0.1, 0.15) is 25.8 Å². The molecule has 11 heteroatoms. The highest BCUT2D eigenvalue weighted by Gasteiger charge is 2.33. The number of rotatable bonds is 11. The van der Waals surface area contributed by atoms with Gasteiger partial charge in [-0.3, -0.25) is 13.9 Å². The lowest BCUT2D eigenvalue weighted by Crippen LogP contribution is -2.51. The molecule has 1 aliphatic heterocycles. The lowest BCUT2D eigenvalue weighted by atomic mass is 10.1. The van der Waals surface area contributed by atoms with Gasteiger partial charge >= 0.3 is 0 Å². The summed E-state index contributed by atoms with van der Waals surface area (Å²) in [6.45, 7) is 4.35. The lowest BCUT2D eigenvalue weighted by Gasteiger charge is -2.32. The van der Waals surface area contributed by atoms with E-state index in [0.29, 0.717) is 31.3 Å². The summed E-state index contributed by atoms with van der Waals surface area (Å²) in [5, 5.41) is 2.84. The van der Waals surface area contributed by atoms with Crippen molar-refractivity contribution in [3.8, 4) is 11.5 Å². The van der Waals surface area contributed by atoms with Crippen LogP contribution in [0.15, 0.2) is 82.2 Å². The van der Waals surface area contributed by atoms with Crippen molar-refractivity contribution in [1.82, 2.24) is 10.2 Å². The number of amides is 2. The second kappa shape index (κ2) is 13.2. The van der Waals surface area contributed by atoms with Crippen LogP contribution in [-0.4, -0.2) is 57.5 Å². The summed E-state index contributed by atoms with van der Waals surface area (Å²) in [5.41, 5.74) is 1.04. The second-order valence-electron chi connectivity index (χ2n) is 9.27. The van der Waals surface area contributed by atoms with Crippen molar-refractivity contribution in [2.75, 3.05) is 30.6 Å². The summed E-state index contributed by atoms with van der Waals surface area (Å²) in [4.78, 5) is 28.3. The first-order valence-electron chi connectivity index (χ1n) is 13.0. The molecule has 0 saturated heterocycles. The van der Waals surface area contributed by atoms with Gasteiger partial charge in [-0.2, -0.15) is 0 Å². The molecule has 9 nitrogen and oxygen atoms in total. The zero-order chi connectivity index (χ0) is 28.7. The zero-order valence-electron chi connectivity index (χ0n) is 22.4. The van der Waals surface area contributed by atoms with Crippen molar-refractivity contribution in [1.29, 1.82) is 0 Å². The zero-order valence-corrected chi connectivity index (χ0v) is 24.8. The van der Waals surface area contributed by atoms with Gasteiger partial charge in [0.05, 0.1) is 10.6 Å². The van der Waals surface area contributed by atoms with E-state index in [2.05, 4.69) is 21.2 Å². The van der Waals surface area contributed by atoms with Gasteiger partial charge in [0, 0.05) is 23.6 Å². The maximum atomic E-state index is 14.0. The molecule has 0 fully saturated rings. The average molecular weight is 631 g/mol. The molecule has 1 N–H and O–H groups in total. The Bertz CT molecular complexity index is 1430. The van der Waals surface area contributed by atoms with Crippen LogP contribution in [0.25, 0.3) is 0 Å². The molecule has 0 bridgehead atoms. The summed E-state index contributed by atoms with van der Waals surface area (Å²) < 4.78 is 41.0. The number of sulfonamides is 1. The lowest BCUT2D eigenvalue weighted by molar-refractivity contribution is -0.139. The number of nitrogens with zero attached hydrogens (tertiary/aromatic N) is 2. The second-order valence-corrected chi connectivity index (χ2v) is 12.0. The summed E-state index contributed by atoms with van der Waals surface area (Å²) >= 11 is 3.41. The Morgan fingerprint density at radius 3 is 2.33 bits per heavy atom. The molecule has 0 unspecified atom stereocenters. The van der Waals surface area contributed by atoms with E-state index >= 15 is 0 Å². The first kappa shape index (κ1) is 29.4. The number of anilines is 1. The van der Waals surface area contributed by atoms with Crippen molar-refractivity contribution in [3.63, 3.8) is 0 Å². The van der Waals surface area contributed by atoms with Crippen LogP contribution in [0.1, 0.15) is 25.8 Å². The third kappa shape index (κ3) is 6.95. The Morgan fingerprint density at radius 2 is 1.65 bits per heavy atom. The standard InChI is InChI=1S/C29H32BrN3O6S/c1-3-15-31-29(35)21(2)32(19-22-9-11-23(30)12-10-22)28(34)20-33(40(36,37)25-7-5-4-6-8-25)24-13-14-26-27(18-24)39-17-16-38-26/h4-14,18,21H,3,15-17,19-20H2,1-2H3,(H,31,35)/t21-/m0/s1. The number of fused-ring (bicyclic) bond motifs is 1. The number of ether oxygens (including phenoxy) is 2. The van der Waals surface area contributed by atoms with Crippen molar-refractivity contribution >= 4 is 43.5 Å². The number of benzene rings is 3. The maximum absolute atomic E-state index is 14.0. The topological polar surface area (TPSA) is 105 Å². The van der Waals surface area contributed by atoms with E-state index in [1.165, 1.54) is 17.0 Å². The minimum atomic E-state index is -4.17. The number of nitrogens with one attached hydrogen (secondary N) is 1. The fourth-order valence-corrected chi connectivity index (χ4v) is 5.89. The molecule has 1 heterocycles. The molecular formula is C29H32BrN3O6S. The Hall–Kier alpha value is -3.57. The van der Waals surface area contributed by atoms with Crippen LogP contribution in [0.2, 0.25) is 0 Å². The van der Waals surface area contributed by atoms with Crippen molar-refractivity contribution < 1.29 is 27.5 Å². The Morgan fingerprint density at radius 1 is 0.975 bits per heavy atom. The third-order valence-electron chi connectivity index (χ3n) is 6.41. The molecule has 3 aromatic rings. The molecule has 2 amide bonds. The SMILES string of the molecule is CCCNC(=O)[C@H](C)N(Cc1ccc(Br)cc1)C(=O)CN(c1ccc2c(c1)OCCO2)S(=O)(=O)c1ccccc1. The highest BCUT2D eigenvalue weighted by atomic mass is 79.9. The van der Waals surface area contributed by atoms with Gasteiger partial charge in [0.25, 0.3) is 10.0 Å². The van der Waals surface area contributed by atoms with E-state index in [1.807, 2.05) is 31.2 Å². The van der Waals surface area contributed by atoms with Crippen LogP contribution in [0, 0.1) is 0 Å². The monoisotopic (exact) mass is 629 g/mol. The first-order valence-corrected chi connectivity index (χ1v) is 15.2. The van der Waals surface area contributed by atoms with Gasteiger partial charge in [-0.1, -0.05) is 53.2 Å². The number of halogens is 1. The highest BCUT2D eigenvalue weighted by molar-refractivity contribution is 9.10. The maximum Gasteiger partial charge on any atom is 0.264 e. The van der Waals surface area contributed by atoms with E-state index in [4.69, 9.17) is 9.47 Å². The fraction of sp³-hybridized carbons (Fsp3) is 0.310. The number of hydrogen-bond donors (Lipinski definition) is 1. The summed E-state index contributed by atoms with van der Waals surface area (Å²) in [7, 11) is -4.17. The Labute approximate surface area is 243 Å². The van der Waals surface area contributed by atoms with Gasteiger partial charge in [-0.25, -0.2) is 8.42 Å². The van der Waals surface area contributed by atoms with Crippen LogP contribution < -0.4 is 19.1 Å². The normalized spacial score (nSPS) is 13.3. The molecule has 1 aliphatic rings. The molecule has 40 heavy (non-hydrogen) atoms. The van der Waals surface area contributed by atoms with E-state index < -0.39 is 28.5 Å². The molecular weight excluding hydrogens is 598 g/mol. The first-order chi connectivity index (χ1) is 19.2. The van der Waals surface area contributed by atoms with Gasteiger partial charge in [0.2, 0.25) is 11.8 Å². The van der Waals surface area contributed by atoms with E-state index in [-0.39, 0.29) is 23.0 Å². The number of hydrogen-bond acceptors (Lipinski definition) is 6. The number of carbonyl (C=O) groups excluding carboxylic acids is 2. The van der Waals surface area contributed by atoms with Crippen molar-refractivity contribution in [2.45, 2.75) is 37.8 Å². The largest absolute Gasteiger partial charge is 0.486 e. The minimum Gasteiger partial charge on any atom is -0.486 e. The predicted molar refractivity (Wildman–Crippen MR) is 156 cm³/mol. The molecule has 1 atom stereocenters.